The van der Waals surface area contributed by atoms with Crippen molar-refractivity contribution in [2.75, 3.05) is 25.1 Å². The second kappa shape index (κ2) is 4.91. The number of nitro groups is 1. The van der Waals surface area contributed by atoms with E-state index in [1.54, 1.807) is 6.07 Å². The molecule has 1 aromatic carbocycles. The Bertz CT molecular complexity index is 455. The van der Waals surface area contributed by atoms with Gasteiger partial charge in [-0.25, -0.2) is 0 Å². The molecule has 0 aliphatic carbocycles. The van der Waals surface area contributed by atoms with Crippen LogP contribution in [0, 0.1) is 17.0 Å². The third kappa shape index (κ3) is 2.77. The zero-order valence-corrected chi connectivity index (χ0v) is 10.2. The summed E-state index contributed by atoms with van der Waals surface area (Å²) in [6, 6.07) is 4.64. The molecule has 18 heavy (non-hydrogen) atoms. The van der Waals surface area contributed by atoms with Gasteiger partial charge in [-0.15, -0.1) is 0 Å². The van der Waals surface area contributed by atoms with E-state index >= 15 is 0 Å². The van der Waals surface area contributed by atoms with Crippen LogP contribution in [0.5, 0.6) is 0 Å². The average Bonchev–Trinajstić information content (AvgIpc) is 2.75. The normalized spacial score (nSPS) is 23.0. The van der Waals surface area contributed by atoms with E-state index in [1.165, 1.54) is 12.1 Å². The molecule has 1 aliphatic rings. The van der Waals surface area contributed by atoms with Gasteiger partial charge in [-0.05, 0) is 12.5 Å². The Balaban J connectivity index is 2.08. The highest BCUT2D eigenvalue weighted by molar-refractivity contribution is 5.56. The molecule has 1 atom stereocenters. The van der Waals surface area contributed by atoms with Crippen LogP contribution in [0.4, 0.5) is 11.4 Å². The fourth-order valence-electron chi connectivity index (χ4n) is 1.91. The van der Waals surface area contributed by atoms with Crippen LogP contribution in [-0.2, 0) is 4.74 Å². The molecule has 1 heterocycles. The first-order chi connectivity index (χ1) is 8.50. The van der Waals surface area contributed by atoms with E-state index in [0.29, 0.717) is 31.9 Å². The maximum atomic E-state index is 10.7. The minimum atomic E-state index is -0.878. The molecule has 0 amide bonds. The van der Waals surface area contributed by atoms with E-state index in [-0.39, 0.29) is 5.69 Å². The van der Waals surface area contributed by atoms with E-state index in [9.17, 15) is 15.2 Å². The molecule has 2 rings (SSSR count). The zero-order chi connectivity index (χ0) is 13.2. The molecule has 1 unspecified atom stereocenters. The van der Waals surface area contributed by atoms with Crippen molar-refractivity contribution >= 4 is 11.4 Å². The van der Waals surface area contributed by atoms with Crippen LogP contribution in [0.1, 0.15) is 12.0 Å². The van der Waals surface area contributed by atoms with Gasteiger partial charge in [-0.1, -0.05) is 6.07 Å². The van der Waals surface area contributed by atoms with Crippen molar-refractivity contribution in [2.45, 2.75) is 18.9 Å². The lowest BCUT2D eigenvalue weighted by Gasteiger charge is -2.22. The summed E-state index contributed by atoms with van der Waals surface area (Å²) in [5.74, 6) is 0. The van der Waals surface area contributed by atoms with Crippen LogP contribution in [0.25, 0.3) is 0 Å². The molecule has 1 saturated heterocycles. The highest BCUT2D eigenvalue weighted by Crippen LogP contribution is 2.24. The Morgan fingerprint density at radius 2 is 2.39 bits per heavy atom. The van der Waals surface area contributed by atoms with Crippen LogP contribution < -0.4 is 5.32 Å². The molecule has 6 nitrogen and oxygen atoms in total. The summed E-state index contributed by atoms with van der Waals surface area (Å²) in [5.41, 5.74) is 0.738. The lowest BCUT2D eigenvalue weighted by atomic mass is 10.0. The Morgan fingerprint density at radius 1 is 1.61 bits per heavy atom. The number of nitrogens with zero attached hydrogens (tertiary/aromatic N) is 1. The second-order valence-electron chi connectivity index (χ2n) is 4.64. The maximum absolute atomic E-state index is 10.7. The Labute approximate surface area is 105 Å². The van der Waals surface area contributed by atoms with Gasteiger partial charge < -0.3 is 15.2 Å². The standard InChI is InChI=1S/C12H16N2O4/c1-9-2-3-10(14(16)17)6-11(9)13-7-12(15)4-5-18-8-12/h2-3,6,13,15H,4-5,7-8H2,1H3. The Morgan fingerprint density at radius 3 is 3.00 bits per heavy atom. The van der Waals surface area contributed by atoms with Gasteiger partial charge in [-0.3, -0.25) is 10.1 Å². The molecule has 2 N–H and O–H groups in total. The van der Waals surface area contributed by atoms with Crippen molar-refractivity contribution in [3.63, 3.8) is 0 Å². The van der Waals surface area contributed by atoms with Gasteiger partial charge in [0, 0.05) is 37.4 Å². The number of hydrogen-bond acceptors (Lipinski definition) is 5. The summed E-state index contributed by atoms with van der Waals surface area (Å²) in [7, 11) is 0. The van der Waals surface area contributed by atoms with Crippen molar-refractivity contribution in [1.29, 1.82) is 0 Å². The summed E-state index contributed by atoms with van der Waals surface area (Å²) in [6.07, 6.45) is 0.577. The van der Waals surface area contributed by atoms with Crippen molar-refractivity contribution in [3.8, 4) is 0 Å². The Hall–Kier alpha value is -1.66. The molecule has 6 heteroatoms. The summed E-state index contributed by atoms with van der Waals surface area (Å²) in [5, 5.41) is 23.9. The number of rotatable bonds is 4. The van der Waals surface area contributed by atoms with Gasteiger partial charge in [0.2, 0.25) is 0 Å². The van der Waals surface area contributed by atoms with Gasteiger partial charge in [0.15, 0.2) is 0 Å². The summed E-state index contributed by atoms with van der Waals surface area (Å²) in [6.45, 7) is 3.04. The molecule has 0 aromatic heterocycles. The predicted molar refractivity (Wildman–Crippen MR) is 66.7 cm³/mol. The van der Waals surface area contributed by atoms with Crippen LogP contribution in [-0.4, -0.2) is 35.4 Å². The molecule has 1 aliphatic heterocycles. The minimum Gasteiger partial charge on any atom is -0.386 e. The fraction of sp³-hybridized carbons (Fsp3) is 0.500. The summed E-state index contributed by atoms with van der Waals surface area (Å²) in [4.78, 5) is 10.3. The highest BCUT2D eigenvalue weighted by Gasteiger charge is 2.32. The van der Waals surface area contributed by atoms with Crippen LogP contribution in [0.15, 0.2) is 18.2 Å². The molecule has 0 saturated carbocycles. The van der Waals surface area contributed by atoms with Gasteiger partial charge in [0.25, 0.3) is 5.69 Å². The minimum absolute atomic E-state index is 0.0396. The van der Waals surface area contributed by atoms with E-state index in [1.807, 2.05) is 6.92 Å². The zero-order valence-electron chi connectivity index (χ0n) is 10.2. The lowest BCUT2D eigenvalue weighted by molar-refractivity contribution is -0.384. The van der Waals surface area contributed by atoms with Crippen LogP contribution in [0.2, 0.25) is 0 Å². The SMILES string of the molecule is Cc1ccc([N+](=O)[O-])cc1NCC1(O)CCOC1. The average molecular weight is 252 g/mol. The van der Waals surface area contributed by atoms with E-state index in [2.05, 4.69) is 5.32 Å². The molecule has 1 fully saturated rings. The monoisotopic (exact) mass is 252 g/mol. The fourth-order valence-corrected chi connectivity index (χ4v) is 1.91. The van der Waals surface area contributed by atoms with Gasteiger partial charge in [0.1, 0.15) is 5.60 Å². The molecular formula is C12H16N2O4. The quantitative estimate of drug-likeness (QED) is 0.626. The summed E-state index contributed by atoms with van der Waals surface area (Å²) >= 11 is 0. The molecule has 1 aromatic rings. The van der Waals surface area contributed by atoms with Crippen molar-refractivity contribution in [1.82, 2.24) is 0 Å². The number of aryl methyl sites for hydroxylation is 1. The third-order valence-corrected chi connectivity index (χ3v) is 3.12. The van der Waals surface area contributed by atoms with Crippen molar-refractivity contribution < 1.29 is 14.8 Å². The number of nitrogens with one attached hydrogen (secondary N) is 1. The number of anilines is 1. The van der Waals surface area contributed by atoms with E-state index in [0.717, 1.165) is 5.56 Å². The summed E-state index contributed by atoms with van der Waals surface area (Å²) < 4.78 is 5.14. The largest absolute Gasteiger partial charge is 0.386 e. The second-order valence-corrected chi connectivity index (χ2v) is 4.64. The van der Waals surface area contributed by atoms with Gasteiger partial charge in [0.05, 0.1) is 11.5 Å². The first-order valence-electron chi connectivity index (χ1n) is 5.79. The first-order valence-corrected chi connectivity index (χ1v) is 5.79. The number of hydrogen-bond donors (Lipinski definition) is 2. The number of non-ortho nitro benzene ring substituents is 1. The lowest BCUT2D eigenvalue weighted by Crippen LogP contribution is -2.37. The molecule has 98 valence electrons. The molecule has 0 spiro atoms. The van der Waals surface area contributed by atoms with Crippen LogP contribution >= 0.6 is 0 Å². The van der Waals surface area contributed by atoms with Crippen LogP contribution in [0.3, 0.4) is 0 Å². The third-order valence-electron chi connectivity index (χ3n) is 3.12. The van der Waals surface area contributed by atoms with E-state index in [4.69, 9.17) is 4.74 Å². The van der Waals surface area contributed by atoms with Crippen molar-refractivity contribution in [3.05, 3.63) is 33.9 Å². The highest BCUT2D eigenvalue weighted by atomic mass is 16.6. The maximum Gasteiger partial charge on any atom is 0.271 e. The van der Waals surface area contributed by atoms with Gasteiger partial charge >= 0.3 is 0 Å². The van der Waals surface area contributed by atoms with Crippen molar-refractivity contribution in [2.24, 2.45) is 0 Å². The molecular weight excluding hydrogens is 236 g/mol. The smallest absolute Gasteiger partial charge is 0.271 e. The predicted octanol–water partition coefficient (Wildman–Crippen LogP) is 1.47. The topological polar surface area (TPSA) is 84.6 Å². The number of aliphatic hydroxyl groups is 1. The molecule has 0 bridgehead atoms. The first kappa shape index (κ1) is 12.8. The number of nitro benzene ring substituents is 1. The molecule has 0 radical (unpaired) electrons. The van der Waals surface area contributed by atoms with E-state index < -0.39 is 10.5 Å². The number of benzene rings is 1. The Kier molecular flexibility index (Phi) is 3.49. The number of ether oxygens (including phenoxy) is 1. The van der Waals surface area contributed by atoms with Gasteiger partial charge in [-0.2, -0.15) is 0 Å².